The van der Waals surface area contributed by atoms with Crippen LogP contribution in [0, 0.1) is 0 Å². The molecule has 142 valence electrons. The van der Waals surface area contributed by atoms with Crippen LogP contribution in [0.2, 0.25) is 0 Å². The van der Waals surface area contributed by atoms with Gasteiger partial charge in [0, 0.05) is 36.7 Å². The Labute approximate surface area is 155 Å². The second-order valence-electron chi connectivity index (χ2n) is 5.66. The van der Waals surface area contributed by atoms with Gasteiger partial charge in [0.15, 0.2) is 0 Å². The van der Waals surface area contributed by atoms with E-state index >= 15 is 0 Å². The molecule has 6 nitrogen and oxygen atoms in total. The molecule has 1 amide bonds. The Hall–Kier alpha value is -2.76. The molecule has 0 N–H and O–H groups in total. The molecule has 1 aromatic rings. The lowest BCUT2D eigenvalue weighted by Gasteiger charge is -2.24. The zero-order chi connectivity index (χ0) is 19.5. The summed E-state index contributed by atoms with van der Waals surface area (Å²) in [7, 11) is 4.47. The zero-order valence-electron chi connectivity index (χ0n) is 15.7. The van der Waals surface area contributed by atoms with Gasteiger partial charge in [0.05, 0.1) is 21.3 Å². The lowest BCUT2D eigenvalue weighted by atomic mass is 10.1. The second kappa shape index (κ2) is 11.0. The third kappa shape index (κ3) is 6.27. The summed E-state index contributed by atoms with van der Waals surface area (Å²) in [5, 5.41) is 0. The fourth-order valence-electron chi connectivity index (χ4n) is 2.37. The first-order valence-corrected chi connectivity index (χ1v) is 8.32. The van der Waals surface area contributed by atoms with Crippen molar-refractivity contribution in [1.82, 2.24) is 4.90 Å². The number of carbonyl (C=O) groups is 2. The van der Waals surface area contributed by atoms with E-state index in [9.17, 15) is 9.59 Å². The van der Waals surface area contributed by atoms with Crippen molar-refractivity contribution in [3.05, 3.63) is 48.6 Å². The molecule has 0 saturated heterocycles. The van der Waals surface area contributed by atoms with Crippen LogP contribution < -0.4 is 9.47 Å². The minimum atomic E-state index is -0.367. The summed E-state index contributed by atoms with van der Waals surface area (Å²) in [6.07, 6.45) is 2.79. The van der Waals surface area contributed by atoms with Gasteiger partial charge in [-0.25, -0.2) is 0 Å². The normalized spacial score (nSPS) is 9.96. The molecule has 0 aromatic heterocycles. The van der Waals surface area contributed by atoms with Gasteiger partial charge >= 0.3 is 5.97 Å². The fourth-order valence-corrected chi connectivity index (χ4v) is 2.37. The summed E-state index contributed by atoms with van der Waals surface area (Å²) in [4.78, 5) is 25.7. The minimum Gasteiger partial charge on any atom is -0.497 e. The van der Waals surface area contributed by atoms with Crippen molar-refractivity contribution in [1.29, 1.82) is 0 Å². The number of rotatable bonds is 11. The van der Waals surface area contributed by atoms with E-state index in [1.165, 1.54) is 7.11 Å². The Kier molecular flexibility index (Phi) is 8.98. The fraction of sp³-hybridized carbons (Fsp3) is 0.400. The number of methoxy groups -OCH3 is 3. The van der Waals surface area contributed by atoms with E-state index in [-0.39, 0.29) is 24.7 Å². The van der Waals surface area contributed by atoms with Gasteiger partial charge in [0.2, 0.25) is 5.91 Å². The molecule has 0 radical (unpaired) electrons. The molecule has 0 aliphatic carbocycles. The van der Waals surface area contributed by atoms with Crippen LogP contribution in [0.25, 0.3) is 0 Å². The summed E-state index contributed by atoms with van der Waals surface area (Å²) in [6.45, 7) is 8.39. The van der Waals surface area contributed by atoms with Crippen LogP contribution in [-0.2, 0) is 20.9 Å². The van der Waals surface area contributed by atoms with Crippen molar-refractivity contribution in [2.75, 3.05) is 27.9 Å². The van der Waals surface area contributed by atoms with Crippen LogP contribution in [0.15, 0.2) is 43.0 Å². The van der Waals surface area contributed by atoms with Gasteiger partial charge in [-0.1, -0.05) is 12.7 Å². The number of hydrogen-bond acceptors (Lipinski definition) is 5. The molecule has 0 heterocycles. The third-order valence-electron chi connectivity index (χ3n) is 3.91. The molecule has 26 heavy (non-hydrogen) atoms. The number of carbonyl (C=O) groups excluding carboxylic acids is 2. The number of esters is 1. The predicted molar refractivity (Wildman–Crippen MR) is 100 cm³/mol. The van der Waals surface area contributed by atoms with Crippen molar-refractivity contribution in [3.63, 3.8) is 0 Å². The van der Waals surface area contributed by atoms with Crippen molar-refractivity contribution < 1.29 is 23.8 Å². The Morgan fingerprint density at radius 2 is 1.88 bits per heavy atom. The third-order valence-corrected chi connectivity index (χ3v) is 3.91. The molecule has 0 aliphatic rings. The SMILES string of the molecule is C=CCCN(Cc1ccc(OC)cc1OC)C(=O)C(=C)CCC(=O)OC. The first-order valence-electron chi connectivity index (χ1n) is 8.32. The average Bonchev–Trinajstić information content (AvgIpc) is 2.68. The van der Waals surface area contributed by atoms with E-state index in [2.05, 4.69) is 17.9 Å². The van der Waals surface area contributed by atoms with Gasteiger partial charge < -0.3 is 19.1 Å². The molecule has 1 rings (SSSR count). The topological polar surface area (TPSA) is 65.1 Å². The Bertz CT molecular complexity index is 654. The molecular formula is C20H27NO5. The van der Waals surface area contributed by atoms with Crippen LogP contribution in [0.4, 0.5) is 0 Å². The highest BCUT2D eigenvalue weighted by Crippen LogP contribution is 2.26. The van der Waals surface area contributed by atoms with E-state index in [0.717, 1.165) is 5.56 Å². The smallest absolute Gasteiger partial charge is 0.305 e. The molecular weight excluding hydrogens is 334 g/mol. The highest BCUT2D eigenvalue weighted by Gasteiger charge is 2.19. The first-order chi connectivity index (χ1) is 12.5. The quantitative estimate of drug-likeness (QED) is 0.344. The van der Waals surface area contributed by atoms with E-state index in [1.54, 1.807) is 31.3 Å². The van der Waals surface area contributed by atoms with E-state index < -0.39 is 0 Å². The minimum absolute atomic E-state index is 0.127. The molecule has 0 unspecified atom stereocenters. The van der Waals surface area contributed by atoms with Crippen LogP contribution in [0.3, 0.4) is 0 Å². The van der Waals surface area contributed by atoms with Gasteiger partial charge in [-0.2, -0.15) is 0 Å². The largest absolute Gasteiger partial charge is 0.497 e. The number of amides is 1. The van der Waals surface area contributed by atoms with Gasteiger partial charge in [-0.05, 0) is 25.0 Å². The van der Waals surface area contributed by atoms with Crippen LogP contribution >= 0.6 is 0 Å². The number of hydrogen-bond donors (Lipinski definition) is 0. The highest BCUT2D eigenvalue weighted by molar-refractivity contribution is 5.93. The second-order valence-corrected chi connectivity index (χ2v) is 5.66. The monoisotopic (exact) mass is 361 g/mol. The summed E-state index contributed by atoms with van der Waals surface area (Å²) < 4.78 is 15.2. The average molecular weight is 361 g/mol. The summed E-state index contributed by atoms with van der Waals surface area (Å²) in [6, 6.07) is 5.46. The predicted octanol–water partition coefficient (Wildman–Crippen LogP) is 3.12. The number of nitrogens with zero attached hydrogens (tertiary/aromatic N) is 1. The maximum absolute atomic E-state index is 12.8. The number of ether oxygens (including phenoxy) is 3. The van der Waals surface area contributed by atoms with Crippen molar-refractivity contribution in [2.45, 2.75) is 25.8 Å². The van der Waals surface area contributed by atoms with Gasteiger partial charge in [-0.3, -0.25) is 9.59 Å². The Balaban J connectivity index is 2.92. The molecule has 0 spiro atoms. The highest BCUT2D eigenvalue weighted by atomic mass is 16.5. The molecule has 0 atom stereocenters. The van der Waals surface area contributed by atoms with Gasteiger partial charge in [0.1, 0.15) is 11.5 Å². The zero-order valence-corrected chi connectivity index (χ0v) is 15.7. The van der Waals surface area contributed by atoms with Gasteiger partial charge in [0.25, 0.3) is 0 Å². The van der Waals surface area contributed by atoms with E-state index in [1.807, 2.05) is 12.1 Å². The number of benzene rings is 1. The maximum Gasteiger partial charge on any atom is 0.305 e. The van der Waals surface area contributed by atoms with Crippen LogP contribution in [-0.4, -0.2) is 44.7 Å². The molecule has 6 heteroatoms. The van der Waals surface area contributed by atoms with Crippen LogP contribution in [0.1, 0.15) is 24.8 Å². The summed E-state index contributed by atoms with van der Waals surface area (Å²) >= 11 is 0. The first kappa shape index (κ1) is 21.3. The molecule has 0 aliphatic heterocycles. The van der Waals surface area contributed by atoms with Crippen LogP contribution in [0.5, 0.6) is 11.5 Å². The molecule has 1 aromatic carbocycles. The van der Waals surface area contributed by atoms with Crippen molar-refractivity contribution in [2.24, 2.45) is 0 Å². The Morgan fingerprint density at radius 1 is 1.15 bits per heavy atom. The standard InChI is InChI=1S/C20H27NO5/c1-6-7-12-21(20(23)15(2)8-11-19(22)26-5)14-16-9-10-17(24-3)13-18(16)25-4/h6,9-10,13H,1-2,7-8,11-12,14H2,3-5H3. The lowest BCUT2D eigenvalue weighted by molar-refractivity contribution is -0.140. The van der Waals surface area contributed by atoms with Crippen molar-refractivity contribution in [3.8, 4) is 11.5 Å². The van der Waals surface area contributed by atoms with Gasteiger partial charge in [-0.15, -0.1) is 6.58 Å². The molecule has 0 saturated carbocycles. The summed E-state index contributed by atoms with van der Waals surface area (Å²) in [5.41, 5.74) is 1.22. The lowest BCUT2D eigenvalue weighted by Crippen LogP contribution is -2.32. The van der Waals surface area contributed by atoms with E-state index in [0.29, 0.717) is 36.6 Å². The summed E-state index contributed by atoms with van der Waals surface area (Å²) in [5.74, 6) is 0.750. The van der Waals surface area contributed by atoms with Crippen molar-refractivity contribution >= 4 is 11.9 Å². The van der Waals surface area contributed by atoms with E-state index in [4.69, 9.17) is 9.47 Å². The Morgan fingerprint density at radius 3 is 2.46 bits per heavy atom. The maximum atomic E-state index is 12.8. The molecule has 0 bridgehead atoms. The molecule has 0 fully saturated rings.